The molecule has 1 aromatic heterocycles. The van der Waals surface area contributed by atoms with Crippen LogP contribution in [0.25, 0.3) is 16.3 Å². The largest absolute Gasteiger partial charge is 0.241 e. The van der Waals surface area contributed by atoms with Gasteiger partial charge >= 0.3 is 0 Å². The summed E-state index contributed by atoms with van der Waals surface area (Å²) in [7, 11) is -3.44. The van der Waals surface area contributed by atoms with E-state index in [4.69, 9.17) is 0 Å². The quantitative estimate of drug-likeness (QED) is 0.744. The zero-order chi connectivity index (χ0) is 17.3. The fraction of sp³-hybridized carbons (Fsp3) is 0.211. The summed E-state index contributed by atoms with van der Waals surface area (Å²) in [6, 6.07) is 15.9. The number of para-hydroxylation sites is 1. The van der Waals surface area contributed by atoms with Crippen molar-refractivity contribution in [3.8, 4) is 0 Å². The number of sulfonamides is 1. The Morgan fingerprint density at radius 2 is 1.84 bits per heavy atom. The number of fused-ring (bicyclic) bond motifs is 2. The first kappa shape index (κ1) is 16.4. The molecular weight excluding hydrogens is 352 g/mol. The number of hydrogen-bond donors (Lipinski definition) is 1. The number of nitrogens with zero attached hydrogens (tertiary/aromatic N) is 1. The molecule has 0 atom stereocenters. The van der Waals surface area contributed by atoms with Gasteiger partial charge in [-0.3, -0.25) is 0 Å². The van der Waals surface area contributed by atoms with Gasteiger partial charge < -0.3 is 0 Å². The predicted molar refractivity (Wildman–Crippen MR) is 103 cm³/mol. The zero-order valence-electron chi connectivity index (χ0n) is 13.6. The minimum atomic E-state index is -3.44. The summed E-state index contributed by atoms with van der Waals surface area (Å²) in [5.41, 5.74) is 3.17. The molecule has 0 amide bonds. The molecule has 1 aliphatic carbocycles. The first-order chi connectivity index (χ1) is 12.1. The standard InChI is InChI=1S/C19H18N2O2S2/c22-25(23,16-10-9-14-5-1-2-6-15(14)13-16)20-12-11-19-21-17-7-3-4-8-18(17)24-19/h1-8,13,20H,9-12H2. The number of benzene rings is 2. The van der Waals surface area contributed by atoms with Gasteiger partial charge in [-0.2, -0.15) is 0 Å². The Labute approximate surface area is 151 Å². The number of allylic oxidation sites excluding steroid dienone is 1. The van der Waals surface area contributed by atoms with Crippen LogP contribution in [0.2, 0.25) is 0 Å². The lowest BCUT2D eigenvalue weighted by Crippen LogP contribution is -2.28. The fourth-order valence-electron chi connectivity index (χ4n) is 3.03. The average Bonchev–Trinajstić information content (AvgIpc) is 3.04. The topological polar surface area (TPSA) is 59.1 Å². The third-order valence-electron chi connectivity index (χ3n) is 4.33. The lowest BCUT2D eigenvalue weighted by molar-refractivity contribution is 0.586. The van der Waals surface area contributed by atoms with E-state index in [-0.39, 0.29) is 0 Å². The molecule has 128 valence electrons. The van der Waals surface area contributed by atoms with Crippen molar-refractivity contribution < 1.29 is 8.42 Å². The van der Waals surface area contributed by atoms with E-state index in [1.54, 1.807) is 17.4 Å². The van der Waals surface area contributed by atoms with Crippen LogP contribution < -0.4 is 4.72 Å². The molecule has 0 radical (unpaired) electrons. The van der Waals surface area contributed by atoms with E-state index in [1.165, 1.54) is 5.56 Å². The van der Waals surface area contributed by atoms with Crippen molar-refractivity contribution in [1.82, 2.24) is 9.71 Å². The first-order valence-electron chi connectivity index (χ1n) is 8.24. The van der Waals surface area contributed by atoms with E-state index in [1.807, 2.05) is 42.5 Å². The Bertz CT molecular complexity index is 1020. The number of aromatic nitrogens is 1. The third kappa shape index (κ3) is 3.51. The van der Waals surface area contributed by atoms with Crippen LogP contribution in [-0.2, 0) is 22.9 Å². The highest BCUT2D eigenvalue weighted by atomic mass is 32.2. The van der Waals surface area contributed by atoms with Crippen LogP contribution in [0.3, 0.4) is 0 Å². The maximum absolute atomic E-state index is 12.6. The van der Waals surface area contributed by atoms with Crippen molar-refractivity contribution in [3.05, 3.63) is 69.6 Å². The normalized spacial score (nSPS) is 14.3. The van der Waals surface area contributed by atoms with E-state index in [0.717, 1.165) is 27.2 Å². The molecule has 0 spiro atoms. The van der Waals surface area contributed by atoms with E-state index >= 15 is 0 Å². The summed E-state index contributed by atoms with van der Waals surface area (Å²) in [6.07, 6.45) is 3.70. The van der Waals surface area contributed by atoms with Gasteiger partial charge in [-0.15, -0.1) is 11.3 Å². The summed E-state index contributed by atoms with van der Waals surface area (Å²) in [4.78, 5) is 5.01. The zero-order valence-corrected chi connectivity index (χ0v) is 15.2. The smallest absolute Gasteiger partial charge is 0.236 e. The maximum Gasteiger partial charge on any atom is 0.236 e. The second kappa shape index (κ2) is 6.71. The molecule has 4 rings (SSSR count). The number of thiazole rings is 1. The molecule has 2 aromatic carbocycles. The van der Waals surface area contributed by atoms with E-state index < -0.39 is 10.0 Å². The molecule has 4 nitrogen and oxygen atoms in total. The van der Waals surface area contributed by atoms with E-state index in [0.29, 0.717) is 24.3 Å². The summed E-state index contributed by atoms with van der Waals surface area (Å²) in [5.74, 6) is 0. The highest BCUT2D eigenvalue weighted by Crippen LogP contribution is 2.26. The van der Waals surface area contributed by atoms with Crippen molar-refractivity contribution in [1.29, 1.82) is 0 Å². The maximum atomic E-state index is 12.6. The van der Waals surface area contributed by atoms with Crippen molar-refractivity contribution in [2.75, 3.05) is 6.54 Å². The van der Waals surface area contributed by atoms with Crippen molar-refractivity contribution in [3.63, 3.8) is 0 Å². The lowest BCUT2D eigenvalue weighted by atomic mass is 9.98. The van der Waals surface area contributed by atoms with Crippen LogP contribution in [-0.4, -0.2) is 19.9 Å². The molecule has 6 heteroatoms. The van der Waals surface area contributed by atoms with Crippen molar-refractivity contribution in [2.45, 2.75) is 19.3 Å². The molecule has 0 saturated heterocycles. The highest BCUT2D eigenvalue weighted by Gasteiger charge is 2.21. The van der Waals surface area contributed by atoms with Crippen LogP contribution in [0, 0.1) is 0 Å². The Morgan fingerprint density at radius 3 is 2.72 bits per heavy atom. The number of aryl methyl sites for hydroxylation is 1. The van der Waals surface area contributed by atoms with Crippen LogP contribution in [0.4, 0.5) is 0 Å². The van der Waals surface area contributed by atoms with Gasteiger partial charge in [0.1, 0.15) is 0 Å². The summed E-state index contributed by atoms with van der Waals surface area (Å²) in [5, 5.41) is 0.951. The monoisotopic (exact) mass is 370 g/mol. The first-order valence-corrected chi connectivity index (χ1v) is 10.5. The third-order valence-corrected chi connectivity index (χ3v) is 7.02. The minimum Gasteiger partial charge on any atom is -0.241 e. The van der Waals surface area contributed by atoms with Crippen LogP contribution in [0.5, 0.6) is 0 Å². The molecule has 0 unspecified atom stereocenters. The highest BCUT2D eigenvalue weighted by molar-refractivity contribution is 7.93. The van der Waals surface area contributed by atoms with Crippen LogP contribution in [0.1, 0.15) is 22.6 Å². The number of nitrogens with one attached hydrogen (secondary N) is 1. The molecule has 1 heterocycles. The van der Waals surface area contributed by atoms with Crippen LogP contribution in [0.15, 0.2) is 53.4 Å². The van der Waals surface area contributed by atoms with Gasteiger partial charge in [-0.25, -0.2) is 18.1 Å². The van der Waals surface area contributed by atoms with Gasteiger partial charge in [0.2, 0.25) is 10.0 Å². The molecule has 0 bridgehead atoms. The van der Waals surface area contributed by atoms with Gasteiger partial charge in [0, 0.05) is 13.0 Å². The molecule has 0 aliphatic heterocycles. The summed E-state index contributed by atoms with van der Waals surface area (Å²) in [6.45, 7) is 0.362. The molecule has 0 saturated carbocycles. The molecule has 1 N–H and O–H groups in total. The molecule has 25 heavy (non-hydrogen) atoms. The Hall–Kier alpha value is -2.02. The van der Waals surface area contributed by atoms with Gasteiger partial charge in [0.05, 0.1) is 20.1 Å². The second-order valence-corrected chi connectivity index (χ2v) is 8.97. The van der Waals surface area contributed by atoms with Gasteiger partial charge in [0.25, 0.3) is 0 Å². The molecular formula is C19H18N2O2S2. The van der Waals surface area contributed by atoms with Crippen LogP contribution >= 0.6 is 11.3 Å². The van der Waals surface area contributed by atoms with Gasteiger partial charge in [-0.05, 0) is 42.2 Å². The summed E-state index contributed by atoms with van der Waals surface area (Å²) >= 11 is 1.61. The van der Waals surface area contributed by atoms with Crippen molar-refractivity contribution in [2.24, 2.45) is 0 Å². The Balaban J connectivity index is 1.44. The van der Waals surface area contributed by atoms with E-state index in [9.17, 15) is 8.42 Å². The molecule has 1 aliphatic rings. The summed E-state index contributed by atoms with van der Waals surface area (Å²) < 4.78 is 29.0. The number of rotatable bonds is 5. The van der Waals surface area contributed by atoms with Gasteiger partial charge in [-0.1, -0.05) is 36.4 Å². The average molecular weight is 370 g/mol. The van der Waals surface area contributed by atoms with Crippen molar-refractivity contribution >= 4 is 37.7 Å². The Kier molecular flexibility index (Phi) is 4.41. The van der Waals surface area contributed by atoms with E-state index in [2.05, 4.69) is 15.8 Å². The molecule has 3 aromatic rings. The predicted octanol–water partition coefficient (Wildman–Crippen LogP) is 3.75. The lowest BCUT2D eigenvalue weighted by Gasteiger charge is -2.16. The Morgan fingerprint density at radius 1 is 1.04 bits per heavy atom. The molecule has 0 fully saturated rings. The second-order valence-electron chi connectivity index (χ2n) is 6.03. The minimum absolute atomic E-state index is 0.362. The SMILES string of the molecule is O=S(=O)(NCCc1nc2ccccc2s1)C1=Cc2ccccc2CC1. The van der Waals surface area contributed by atoms with Gasteiger partial charge in [0.15, 0.2) is 0 Å². The fourth-order valence-corrected chi connectivity index (χ4v) is 5.21. The number of hydrogen-bond acceptors (Lipinski definition) is 4.